The Morgan fingerprint density at radius 3 is 2.65 bits per heavy atom. The van der Waals surface area contributed by atoms with Crippen LogP contribution in [0.4, 0.5) is 5.69 Å². The van der Waals surface area contributed by atoms with Crippen molar-refractivity contribution >= 4 is 16.7 Å². The molecule has 0 atom stereocenters. The SMILES string of the molecule is CCCc1ccccc1NCc1cc2ccccc2o1. The number of fused-ring (bicyclic) bond motifs is 1. The minimum Gasteiger partial charge on any atom is -0.459 e. The molecule has 102 valence electrons. The Kier molecular flexibility index (Phi) is 3.73. The van der Waals surface area contributed by atoms with Gasteiger partial charge in [0, 0.05) is 11.1 Å². The fraction of sp³-hybridized carbons (Fsp3) is 0.222. The van der Waals surface area contributed by atoms with Crippen LogP contribution in [0, 0.1) is 0 Å². The van der Waals surface area contributed by atoms with Crippen LogP contribution in [0.2, 0.25) is 0 Å². The zero-order valence-corrected chi connectivity index (χ0v) is 11.7. The summed E-state index contributed by atoms with van der Waals surface area (Å²) in [4.78, 5) is 0. The highest BCUT2D eigenvalue weighted by molar-refractivity contribution is 5.77. The molecule has 0 radical (unpaired) electrons. The maximum absolute atomic E-state index is 5.83. The van der Waals surface area contributed by atoms with Crippen molar-refractivity contribution in [2.75, 3.05) is 5.32 Å². The first-order chi connectivity index (χ1) is 9.86. The molecule has 2 nitrogen and oxygen atoms in total. The zero-order valence-electron chi connectivity index (χ0n) is 11.7. The van der Waals surface area contributed by atoms with Gasteiger partial charge < -0.3 is 9.73 Å². The largest absolute Gasteiger partial charge is 0.459 e. The Morgan fingerprint density at radius 1 is 1.00 bits per heavy atom. The minimum absolute atomic E-state index is 0.718. The van der Waals surface area contributed by atoms with Gasteiger partial charge in [-0.3, -0.25) is 0 Å². The summed E-state index contributed by atoms with van der Waals surface area (Å²) in [5.74, 6) is 0.970. The lowest BCUT2D eigenvalue weighted by molar-refractivity contribution is 0.559. The topological polar surface area (TPSA) is 25.2 Å². The number of hydrogen-bond acceptors (Lipinski definition) is 2. The molecule has 0 aliphatic heterocycles. The molecule has 3 aromatic rings. The van der Waals surface area contributed by atoms with E-state index in [0.717, 1.165) is 36.1 Å². The number of rotatable bonds is 5. The highest BCUT2D eigenvalue weighted by Crippen LogP contribution is 2.21. The molecular formula is C18H19NO. The summed E-state index contributed by atoms with van der Waals surface area (Å²) in [5.41, 5.74) is 3.52. The van der Waals surface area contributed by atoms with Gasteiger partial charge in [0.2, 0.25) is 0 Å². The van der Waals surface area contributed by atoms with Gasteiger partial charge in [-0.25, -0.2) is 0 Å². The average molecular weight is 265 g/mol. The first kappa shape index (κ1) is 12.8. The molecule has 2 aromatic carbocycles. The van der Waals surface area contributed by atoms with E-state index in [1.165, 1.54) is 11.3 Å². The Balaban J connectivity index is 1.76. The van der Waals surface area contributed by atoms with Gasteiger partial charge in [0.25, 0.3) is 0 Å². The lowest BCUT2D eigenvalue weighted by Gasteiger charge is -2.10. The predicted octanol–water partition coefficient (Wildman–Crippen LogP) is 5.00. The maximum Gasteiger partial charge on any atom is 0.134 e. The molecule has 1 N–H and O–H groups in total. The molecule has 0 spiro atoms. The van der Waals surface area contributed by atoms with E-state index < -0.39 is 0 Å². The van der Waals surface area contributed by atoms with E-state index in [1.807, 2.05) is 18.2 Å². The van der Waals surface area contributed by atoms with Crippen molar-refractivity contribution in [3.63, 3.8) is 0 Å². The standard InChI is InChI=1S/C18H19NO/c1-2-7-14-8-3-5-10-17(14)19-13-16-12-15-9-4-6-11-18(15)20-16/h3-6,8-12,19H,2,7,13H2,1H3. The van der Waals surface area contributed by atoms with E-state index in [0.29, 0.717) is 0 Å². The quantitative estimate of drug-likeness (QED) is 0.702. The first-order valence-corrected chi connectivity index (χ1v) is 7.16. The van der Waals surface area contributed by atoms with E-state index in [4.69, 9.17) is 4.42 Å². The Labute approximate surface area is 119 Å². The normalized spacial score (nSPS) is 10.8. The van der Waals surface area contributed by atoms with Gasteiger partial charge in [0.05, 0.1) is 6.54 Å². The van der Waals surface area contributed by atoms with Crippen LogP contribution in [0.1, 0.15) is 24.7 Å². The van der Waals surface area contributed by atoms with Crippen molar-refractivity contribution < 1.29 is 4.42 Å². The van der Waals surface area contributed by atoms with Gasteiger partial charge in [-0.1, -0.05) is 49.7 Å². The summed E-state index contributed by atoms with van der Waals surface area (Å²) in [5, 5.41) is 4.64. The van der Waals surface area contributed by atoms with Crippen molar-refractivity contribution in [3.8, 4) is 0 Å². The van der Waals surface area contributed by atoms with Crippen molar-refractivity contribution in [1.29, 1.82) is 0 Å². The molecule has 0 bridgehead atoms. The molecule has 3 rings (SSSR count). The van der Waals surface area contributed by atoms with Crippen LogP contribution >= 0.6 is 0 Å². The van der Waals surface area contributed by atoms with Gasteiger partial charge in [0.15, 0.2) is 0 Å². The van der Waals surface area contributed by atoms with Crippen molar-refractivity contribution in [3.05, 3.63) is 65.9 Å². The monoisotopic (exact) mass is 265 g/mol. The summed E-state index contributed by atoms with van der Waals surface area (Å²) in [7, 11) is 0. The third kappa shape index (κ3) is 2.69. The molecular weight excluding hydrogens is 246 g/mol. The van der Waals surface area contributed by atoms with Crippen LogP contribution in [0.15, 0.2) is 59.0 Å². The predicted molar refractivity (Wildman–Crippen MR) is 84.0 cm³/mol. The maximum atomic E-state index is 5.83. The fourth-order valence-corrected chi connectivity index (χ4v) is 2.49. The smallest absolute Gasteiger partial charge is 0.134 e. The van der Waals surface area contributed by atoms with E-state index in [-0.39, 0.29) is 0 Å². The highest BCUT2D eigenvalue weighted by Gasteiger charge is 2.04. The summed E-state index contributed by atoms with van der Waals surface area (Å²) < 4.78 is 5.83. The minimum atomic E-state index is 0.718. The molecule has 1 aromatic heterocycles. The number of hydrogen-bond donors (Lipinski definition) is 1. The van der Waals surface area contributed by atoms with Crippen LogP contribution in [-0.2, 0) is 13.0 Å². The molecule has 1 heterocycles. The summed E-state index contributed by atoms with van der Waals surface area (Å²) in [6.45, 7) is 2.92. The molecule has 0 saturated heterocycles. The second kappa shape index (κ2) is 5.83. The fourth-order valence-electron chi connectivity index (χ4n) is 2.49. The van der Waals surface area contributed by atoms with E-state index >= 15 is 0 Å². The molecule has 0 aliphatic carbocycles. The Morgan fingerprint density at radius 2 is 1.80 bits per heavy atom. The second-order valence-electron chi connectivity index (χ2n) is 5.01. The van der Waals surface area contributed by atoms with Crippen molar-refractivity contribution in [1.82, 2.24) is 0 Å². The van der Waals surface area contributed by atoms with Crippen LogP contribution in [0.5, 0.6) is 0 Å². The molecule has 0 aliphatic rings. The number of aryl methyl sites for hydroxylation is 1. The van der Waals surface area contributed by atoms with Gasteiger partial charge >= 0.3 is 0 Å². The highest BCUT2D eigenvalue weighted by atomic mass is 16.3. The van der Waals surface area contributed by atoms with Gasteiger partial charge in [0.1, 0.15) is 11.3 Å². The third-order valence-electron chi connectivity index (χ3n) is 3.47. The number of furan rings is 1. The molecule has 0 fully saturated rings. The van der Waals surface area contributed by atoms with Crippen molar-refractivity contribution in [2.45, 2.75) is 26.3 Å². The average Bonchev–Trinajstić information content (AvgIpc) is 2.89. The molecule has 0 amide bonds. The summed E-state index contributed by atoms with van der Waals surface area (Å²) in [6.07, 6.45) is 2.26. The van der Waals surface area contributed by atoms with Gasteiger partial charge in [-0.2, -0.15) is 0 Å². The zero-order chi connectivity index (χ0) is 13.8. The second-order valence-corrected chi connectivity index (χ2v) is 5.01. The number of nitrogens with one attached hydrogen (secondary N) is 1. The molecule has 2 heteroatoms. The van der Waals surface area contributed by atoms with E-state index in [9.17, 15) is 0 Å². The van der Waals surface area contributed by atoms with Crippen molar-refractivity contribution in [2.24, 2.45) is 0 Å². The molecule has 20 heavy (non-hydrogen) atoms. The van der Waals surface area contributed by atoms with E-state index in [1.54, 1.807) is 0 Å². The lowest BCUT2D eigenvalue weighted by atomic mass is 10.1. The number of benzene rings is 2. The van der Waals surface area contributed by atoms with Crippen LogP contribution in [-0.4, -0.2) is 0 Å². The summed E-state index contributed by atoms with van der Waals surface area (Å²) >= 11 is 0. The van der Waals surface area contributed by atoms with E-state index in [2.05, 4.69) is 48.6 Å². The number of anilines is 1. The first-order valence-electron chi connectivity index (χ1n) is 7.16. The lowest BCUT2D eigenvalue weighted by Crippen LogP contribution is -2.01. The van der Waals surface area contributed by atoms with Crippen LogP contribution in [0.25, 0.3) is 11.0 Å². The Hall–Kier alpha value is -2.22. The Bertz CT molecular complexity index is 666. The summed E-state index contributed by atoms with van der Waals surface area (Å²) in [6, 6.07) is 18.7. The molecule has 0 saturated carbocycles. The number of para-hydroxylation sites is 2. The third-order valence-corrected chi connectivity index (χ3v) is 3.47. The van der Waals surface area contributed by atoms with Crippen LogP contribution in [0.3, 0.4) is 0 Å². The molecule has 0 unspecified atom stereocenters. The van der Waals surface area contributed by atoms with Gasteiger partial charge in [-0.15, -0.1) is 0 Å². The van der Waals surface area contributed by atoms with Crippen LogP contribution < -0.4 is 5.32 Å². The van der Waals surface area contributed by atoms with Gasteiger partial charge in [-0.05, 0) is 30.2 Å².